The van der Waals surface area contributed by atoms with Gasteiger partial charge >= 0.3 is 5.97 Å². The van der Waals surface area contributed by atoms with Gasteiger partial charge in [-0.25, -0.2) is 0 Å². The maximum Gasteiger partial charge on any atom is 0.304 e. The zero-order valence-electron chi connectivity index (χ0n) is 14.8. The Bertz CT molecular complexity index is 490. The molecule has 2 bridgehead atoms. The quantitative estimate of drug-likeness (QED) is 0.784. The zero-order chi connectivity index (χ0) is 17.4. The van der Waals surface area contributed by atoms with Crippen molar-refractivity contribution in [2.45, 2.75) is 45.2 Å². The number of pyridine rings is 1. The number of fused-ring (bicyclic) bond motifs is 2. The van der Waals surface area contributed by atoms with Crippen LogP contribution in [0.3, 0.4) is 0 Å². The predicted molar refractivity (Wildman–Crippen MR) is 95.0 cm³/mol. The van der Waals surface area contributed by atoms with Crippen molar-refractivity contribution in [2.75, 3.05) is 32.7 Å². The SMILES string of the molecule is C[C@@H]1NCCCN(CCC(=O)O)CCCN[C@H](C)c2cccc1n2. The highest BCUT2D eigenvalue weighted by atomic mass is 16.4. The van der Waals surface area contributed by atoms with Crippen LogP contribution < -0.4 is 10.6 Å². The molecule has 6 heteroatoms. The molecule has 1 aromatic rings. The largest absolute Gasteiger partial charge is 0.481 e. The van der Waals surface area contributed by atoms with E-state index in [0.29, 0.717) is 6.54 Å². The summed E-state index contributed by atoms with van der Waals surface area (Å²) in [6, 6.07) is 6.64. The highest BCUT2D eigenvalue weighted by molar-refractivity contribution is 5.66. The number of aliphatic carboxylic acids is 1. The van der Waals surface area contributed by atoms with Gasteiger partial charge in [0.1, 0.15) is 0 Å². The Morgan fingerprint density at radius 1 is 1.17 bits per heavy atom. The van der Waals surface area contributed by atoms with Crippen molar-refractivity contribution in [3.8, 4) is 0 Å². The van der Waals surface area contributed by atoms with Crippen molar-refractivity contribution < 1.29 is 9.90 Å². The average Bonchev–Trinajstić information content (AvgIpc) is 2.58. The van der Waals surface area contributed by atoms with E-state index in [-0.39, 0.29) is 18.5 Å². The third-order valence-corrected chi connectivity index (χ3v) is 4.52. The first-order valence-electron chi connectivity index (χ1n) is 8.94. The number of hydrogen-bond donors (Lipinski definition) is 3. The summed E-state index contributed by atoms with van der Waals surface area (Å²) in [6.07, 6.45) is 2.23. The van der Waals surface area contributed by atoms with Gasteiger partial charge in [0.2, 0.25) is 0 Å². The number of nitrogens with one attached hydrogen (secondary N) is 2. The van der Waals surface area contributed by atoms with Gasteiger partial charge in [-0.15, -0.1) is 0 Å². The molecule has 134 valence electrons. The first kappa shape index (κ1) is 18.8. The van der Waals surface area contributed by atoms with E-state index in [9.17, 15) is 4.79 Å². The summed E-state index contributed by atoms with van der Waals surface area (Å²) in [5.41, 5.74) is 2.14. The summed E-state index contributed by atoms with van der Waals surface area (Å²) in [5.74, 6) is -0.725. The van der Waals surface area contributed by atoms with Crippen LogP contribution in [-0.4, -0.2) is 53.7 Å². The molecule has 0 spiro atoms. The van der Waals surface area contributed by atoms with Crippen LogP contribution in [0.15, 0.2) is 18.2 Å². The van der Waals surface area contributed by atoms with E-state index < -0.39 is 5.97 Å². The number of aromatic nitrogens is 1. The average molecular weight is 334 g/mol. The second-order valence-corrected chi connectivity index (χ2v) is 6.53. The van der Waals surface area contributed by atoms with Crippen LogP contribution in [0.2, 0.25) is 0 Å². The van der Waals surface area contributed by atoms with Crippen LogP contribution in [0.25, 0.3) is 0 Å². The molecule has 2 heterocycles. The molecular formula is C18H30N4O2. The Hall–Kier alpha value is -1.50. The molecule has 1 aliphatic rings. The normalized spacial score (nSPS) is 24.2. The number of carboxylic acids is 1. The van der Waals surface area contributed by atoms with Gasteiger partial charge in [0.25, 0.3) is 0 Å². The molecule has 0 fully saturated rings. The third-order valence-electron chi connectivity index (χ3n) is 4.52. The van der Waals surface area contributed by atoms with Crippen molar-refractivity contribution in [2.24, 2.45) is 0 Å². The second kappa shape index (κ2) is 9.71. The third kappa shape index (κ3) is 6.19. The van der Waals surface area contributed by atoms with Gasteiger partial charge < -0.3 is 20.6 Å². The Morgan fingerprint density at radius 2 is 1.71 bits per heavy atom. The highest BCUT2D eigenvalue weighted by Crippen LogP contribution is 2.15. The van der Waals surface area contributed by atoms with E-state index in [1.54, 1.807) is 0 Å². The number of rotatable bonds is 3. The molecule has 0 saturated carbocycles. The maximum absolute atomic E-state index is 10.8. The van der Waals surface area contributed by atoms with Gasteiger partial charge in [-0.1, -0.05) is 6.07 Å². The first-order chi connectivity index (χ1) is 11.6. The number of carbonyl (C=O) groups is 1. The van der Waals surface area contributed by atoms with Crippen LogP contribution >= 0.6 is 0 Å². The number of hydrogen-bond acceptors (Lipinski definition) is 5. The van der Waals surface area contributed by atoms with Crippen molar-refractivity contribution in [3.63, 3.8) is 0 Å². The minimum Gasteiger partial charge on any atom is -0.481 e. The van der Waals surface area contributed by atoms with Gasteiger partial charge in [0.05, 0.1) is 17.8 Å². The minimum atomic E-state index is -0.725. The van der Waals surface area contributed by atoms with Gasteiger partial charge in [0, 0.05) is 18.6 Å². The summed E-state index contributed by atoms with van der Waals surface area (Å²) >= 11 is 0. The molecule has 0 amide bonds. The van der Waals surface area contributed by atoms with E-state index in [1.165, 1.54) is 0 Å². The van der Waals surface area contributed by atoms with Crippen LogP contribution in [-0.2, 0) is 4.79 Å². The summed E-state index contributed by atoms with van der Waals surface area (Å²) in [5, 5.41) is 15.9. The smallest absolute Gasteiger partial charge is 0.304 e. The molecule has 0 unspecified atom stereocenters. The predicted octanol–water partition coefficient (Wildman–Crippen LogP) is 1.95. The Labute approximate surface area is 144 Å². The van der Waals surface area contributed by atoms with Gasteiger partial charge in [0.15, 0.2) is 0 Å². The fourth-order valence-corrected chi connectivity index (χ4v) is 2.99. The molecule has 0 radical (unpaired) electrons. The lowest BCUT2D eigenvalue weighted by Gasteiger charge is -2.24. The maximum atomic E-state index is 10.8. The van der Waals surface area contributed by atoms with Crippen molar-refractivity contribution >= 4 is 5.97 Å². The standard InChI is InChI=1S/C18H30N4O2/c1-14-16-6-3-7-17(21-16)15(2)20-10-5-12-22(11-4-9-19-14)13-8-18(23)24/h3,6-7,14-15,19-20H,4-5,8-13H2,1-2H3,(H,23,24)/t14-,15+. The second-order valence-electron chi connectivity index (χ2n) is 6.53. The van der Waals surface area contributed by atoms with Crippen LogP contribution in [0, 0.1) is 0 Å². The molecule has 0 aliphatic carbocycles. The summed E-state index contributed by atoms with van der Waals surface area (Å²) in [7, 11) is 0. The van der Waals surface area contributed by atoms with E-state index in [4.69, 9.17) is 10.1 Å². The highest BCUT2D eigenvalue weighted by Gasteiger charge is 2.13. The van der Waals surface area contributed by atoms with E-state index >= 15 is 0 Å². The fourth-order valence-electron chi connectivity index (χ4n) is 2.99. The van der Waals surface area contributed by atoms with Gasteiger partial charge in [-0.05, 0) is 65.0 Å². The van der Waals surface area contributed by atoms with Crippen molar-refractivity contribution in [1.82, 2.24) is 20.5 Å². The molecule has 0 aromatic carbocycles. The lowest BCUT2D eigenvalue weighted by molar-refractivity contribution is -0.137. The molecule has 2 atom stereocenters. The number of nitrogens with zero attached hydrogens (tertiary/aromatic N) is 2. The molecule has 0 saturated heterocycles. The van der Waals surface area contributed by atoms with Gasteiger partial charge in [-0.3, -0.25) is 9.78 Å². The minimum absolute atomic E-state index is 0.210. The molecule has 6 nitrogen and oxygen atoms in total. The summed E-state index contributed by atoms with van der Waals surface area (Å²) in [6.45, 7) is 8.57. The fraction of sp³-hybridized carbons (Fsp3) is 0.667. The van der Waals surface area contributed by atoms with E-state index in [0.717, 1.165) is 50.4 Å². The molecule has 1 aromatic heterocycles. The lowest BCUT2D eigenvalue weighted by atomic mass is 10.1. The Morgan fingerprint density at radius 3 is 2.21 bits per heavy atom. The summed E-state index contributed by atoms with van der Waals surface area (Å²) in [4.78, 5) is 17.9. The topological polar surface area (TPSA) is 77.5 Å². The Kier molecular flexibility index (Phi) is 7.62. The molecule has 1 aliphatic heterocycles. The van der Waals surface area contributed by atoms with Crippen molar-refractivity contribution in [3.05, 3.63) is 29.6 Å². The van der Waals surface area contributed by atoms with E-state index in [2.05, 4.69) is 47.6 Å². The zero-order valence-corrected chi connectivity index (χ0v) is 14.8. The number of carboxylic acid groups (broad SMARTS) is 1. The van der Waals surface area contributed by atoms with Crippen molar-refractivity contribution in [1.29, 1.82) is 0 Å². The molecular weight excluding hydrogens is 304 g/mol. The lowest BCUT2D eigenvalue weighted by Crippen LogP contribution is -2.33. The van der Waals surface area contributed by atoms with Gasteiger partial charge in [-0.2, -0.15) is 0 Å². The first-order valence-corrected chi connectivity index (χ1v) is 8.94. The van der Waals surface area contributed by atoms with Crippen LogP contribution in [0.4, 0.5) is 0 Å². The Balaban J connectivity index is 1.99. The monoisotopic (exact) mass is 334 g/mol. The molecule has 24 heavy (non-hydrogen) atoms. The molecule has 3 N–H and O–H groups in total. The van der Waals surface area contributed by atoms with Crippen LogP contribution in [0.5, 0.6) is 0 Å². The molecule has 2 rings (SSSR count). The van der Waals surface area contributed by atoms with E-state index in [1.807, 2.05) is 0 Å². The van der Waals surface area contributed by atoms with Crippen LogP contribution in [0.1, 0.15) is 56.6 Å². The summed E-state index contributed by atoms with van der Waals surface area (Å²) < 4.78 is 0.